The van der Waals surface area contributed by atoms with Crippen molar-refractivity contribution in [1.82, 2.24) is 4.98 Å². The lowest BCUT2D eigenvalue weighted by Gasteiger charge is -2.04. The predicted octanol–water partition coefficient (Wildman–Crippen LogP) is 3.80. The molecule has 0 aliphatic rings. The first-order chi connectivity index (χ1) is 10.2. The van der Waals surface area contributed by atoms with Gasteiger partial charge >= 0.3 is 0 Å². The Morgan fingerprint density at radius 3 is 2.71 bits per heavy atom. The summed E-state index contributed by atoms with van der Waals surface area (Å²) in [7, 11) is 1.65. The number of rotatable bonds is 5. The lowest BCUT2D eigenvalue weighted by atomic mass is 10.2. The molecule has 3 rings (SSSR count). The molecule has 0 amide bonds. The van der Waals surface area contributed by atoms with Crippen molar-refractivity contribution in [2.45, 2.75) is 13.3 Å². The highest BCUT2D eigenvalue weighted by atomic mass is 16.5. The second-order valence-corrected chi connectivity index (χ2v) is 4.98. The van der Waals surface area contributed by atoms with Crippen molar-refractivity contribution in [2.24, 2.45) is 0 Å². The van der Waals surface area contributed by atoms with Gasteiger partial charge in [0.05, 0.1) is 7.11 Å². The molecule has 0 saturated carbocycles. The van der Waals surface area contributed by atoms with E-state index in [0.717, 1.165) is 41.4 Å². The van der Waals surface area contributed by atoms with Gasteiger partial charge in [-0.2, -0.15) is 0 Å². The fraction of sp³-hybridized carbons (Fsp3) is 0.235. The van der Waals surface area contributed by atoms with E-state index in [0.29, 0.717) is 0 Å². The van der Waals surface area contributed by atoms with Crippen LogP contribution >= 0.6 is 0 Å². The van der Waals surface area contributed by atoms with Crippen LogP contribution in [0.3, 0.4) is 0 Å². The van der Waals surface area contributed by atoms with Gasteiger partial charge in [0, 0.05) is 24.7 Å². The van der Waals surface area contributed by atoms with Crippen molar-refractivity contribution in [1.29, 1.82) is 0 Å². The van der Waals surface area contributed by atoms with E-state index >= 15 is 0 Å². The Morgan fingerprint density at radius 2 is 1.95 bits per heavy atom. The van der Waals surface area contributed by atoms with E-state index in [9.17, 15) is 0 Å². The van der Waals surface area contributed by atoms with E-state index in [2.05, 4.69) is 41.5 Å². The summed E-state index contributed by atoms with van der Waals surface area (Å²) in [6.45, 7) is 2.86. The van der Waals surface area contributed by atoms with Crippen LogP contribution in [0.1, 0.15) is 11.5 Å². The number of anilines is 1. The Bertz CT molecular complexity index is 732. The normalized spacial score (nSPS) is 10.8. The molecule has 1 N–H and O–H groups in total. The van der Waals surface area contributed by atoms with E-state index < -0.39 is 0 Å². The number of methoxy groups -OCH3 is 1. The summed E-state index contributed by atoms with van der Waals surface area (Å²) < 4.78 is 10.9. The molecule has 0 spiro atoms. The number of benzene rings is 2. The van der Waals surface area contributed by atoms with Crippen molar-refractivity contribution in [2.75, 3.05) is 19.0 Å². The molecule has 0 saturated heterocycles. The molecule has 0 radical (unpaired) electrons. The number of aryl methyl sites for hydroxylation is 1. The topological polar surface area (TPSA) is 47.3 Å². The number of hydrogen-bond donors (Lipinski definition) is 1. The van der Waals surface area contributed by atoms with Crippen molar-refractivity contribution in [3.8, 4) is 5.75 Å². The Hall–Kier alpha value is -2.49. The number of nitrogens with one attached hydrogen (secondary N) is 1. The minimum absolute atomic E-state index is 0.734. The molecule has 0 aliphatic carbocycles. The van der Waals surface area contributed by atoms with Crippen LogP contribution in [-0.4, -0.2) is 18.6 Å². The minimum Gasteiger partial charge on any atom is -0.497 e. The number of aromatic nitrogens is 1. The zero-order chi connectivity index (χ0) is 14.7. The number of oxazole rings is 1. The fourth-order valence-electron chi connectivity index (χ4n) is 2.17. The molecule has 4 heteroatoms. The molecule has 0 unspecified atom stereocenters. The van der Waals surface area contributed by atoms with E-state index in [1.54, 1.807) is 7.11 Å². The van der Waals surface area contributed by atoms with Crippen LogP contribution in [0.2, 0.25) is 0 Å². The van der Waals surface area contributed by atoms with Gasteiger partial charge in [-0.3, -0.25) is 0 Å². The molecule has 0 atom stereocenters. The number of ether oxygens (including phenoxy) is 1. The van der Waals surface area contributed by atoms with Crippen LogP contribution in [0.15, 0.2) is 46.9 Å². The SMILES string of the molecule is COc1ccc2oc(CCNc3ccc(C)cc3)nc2c1. The van der Waals surface area contributed by atoms with Crippen molar-refractivity contribution >= 4 is 16.8 Å². The smallest absolute Gasteiger partial charge is 0.197 e. The Kier molecular flexibility index (Phi) is 3.77. The first kappa shape index (κ1) is 13.5. The summed E-state index contributed by atoms with van der Waals surface area (Å²) in [5, 5.41) is 3.36. The van der Waals surface area contributed by atoms with Gasteiger partial charge in [-0.05, 0) is 31.2 Å². The standard InChI is InChI=1S/C17H18N2O2/c1-12-3-5-13(6-4-12)18-10-9-17-19-15-11-14(20-2)7-8-16(15)21-17/h3-8,11,18H,9-10H2,1-2H3. The summed E-state index contributed by atoms with van der Waals surface area (Å²) in [6.07, 6.45) is 0.741. The maximum absolute atomic E-state index is 5.72. The lowest BCUT2D eigenvalue weighted by molar-refractivity contribution is 0.415. The summed E-state index contributed by atoms with van der Waals surface area (Å²) in [4.78, 5) is 4.48. The largest absolute Gasteiger partial charge is 0.497 e. The third-order valence-corrected chi connectivity index (χ3v) is 3.36. The van der Waals surface area contributed by atoms with Gasteiger partial charge in [-0.1, -0.05) is 17.7 Å². The number of hydrogen-bond acceptors (Lipinski definition) is 4. The molecule has 0 fully saturated rings. The monoisotopic (exact) mass is 282 g/mol. The quantitative estimate of drug-likeness (QED) is 0.773. The van der Waals surface area contributed by atoms with Gasteiger partial charge < -0.3 is 14.5 Å². The van der Waals surface area contributed by atoms with E-state index in [-0.39, 0.29) is 0 Å². The Balaban J connectivity index is 1.63. The van der Waals surface area contributed by atoms with Crippen LogP contribution in [0.25, 0.3) is 11.1 Å². The highest BCUT2D eigenvalue weighted by molar-refractivity contribution is 5.74. The van der Waals surface area contributed by atoms with Crippen molar-refractivity contribution in [3.63, 3.8) is 0 Å². The Labute approximate surface area is 123 Å². The third kappa shape index (κ3) is 3.16. The maximum atomic E-state index is 5.72. The molecule has 21 heavy (non-hydrogen) atoms. The molecule has 4 nitrogen and oxygen atoms in total. The van der Waals surface area contributed by atoms with Gasteiger partial charge in [-0.25, -0.2) is 4.98 Å². The molecular weight excluding hydrogens is 264 g/mol. The maximum Gasteiger partial charge on any atom is 0.197 e. The number of nitrogens with zero attached hydrogens (tertiary/aromatic N) is 1. The third-order valence-electron chi connectivity index (χ3n) is 3.36. The molecule has 0 bridgehead atoms. The molecule has 3 aromatic rings. The molecule has 0 aliphatic heterocycles. The molecule has 1 heterocycles. The highest BCUT2D eigenvalue weighted by Gasteiger charge is 2.06. The van der Waals surface area contributed by atoms with Gasteiger partial charge in [0.15, 0.2) is 11.5 Å². The van der Waals surface area contributed by atoms with Gasteiger partial charge in [0.1, 0.15) is 11.3 Å². The van der Waals surface area contributed by atoms with E-state index in [1.807, 2.05) is 18.2 Å². The summed E-state index contributed by atoms with van der Waals surface area (Å²) in [5.41, 5.74) is 3.99. The van der Waals surface area contributed by atoms with Crippen molar-refractivity contribution in [3.05, 3.63) is 53.9 Å². The molecular formula is C17H18N2O2. The summed E-state index contributed by atoms with van der Waals surface area (Å²) >= 11 is 0. The Morgan fingerprint density at radius 1 is 1.14 bits per heavy atom. The van der Waals surface area contributed by atoms with Crippen LogP contribution in [0.4, 0.5) is 5.69 Å². The highest BCUT2D eigenvalue weighted by Crippen LogP contribution is 2.21. The fourth-order valence-corrected chi connectivity index (χ4v) is 2.17. The van der Waals surface area contributed by atoms with Crippen LogP contribution < -0.4 is 10.1 Å². The second-order valence-electron chi connectivity index (χ2n) is 4.98. The molecule has 108 valence electrons. The average Bonchev–Trinajstić information content (AvgIpc) is 2.91. The van der Waals surface area contributed by atoms with E-state index in [1.165, 1.54) is 5.56 Å². The first-order valence-corrected chi connectivity index (χ1v) is 6.98. The van der Waals surface area contributed by atoms with E-state index in [4.69, 9.17) is 9.15 Å². The summed E-state index contributed by atoms with van der Waals surface area (Å²) in [5.74, 6) is 1.53. The zero-order valence-electron chi connectivity index (χ0n) is 12.2. The zero-order valence-corrected chi connectivity index (χ0v) is 12.2. The van der Waals surface area contributed by atoms with Gasteiger partial charge in [-0.15, -0.1) is 0 Å². The molecule has 2 aromatic carbocycles. The number of fused-ring (bicyclic) bond motifs is 1. The van der Waals surface area contributed by atoms with Crippen molar-refractivity contribution < 1.29 is 9.15 Å². The lowest BCUT2D eigenvalue weighted by Crippen LogP contribution is -2.04. The second kappa shape index (κ2) is 5.87. The predicted molar refractivity (Wildman–Crippen MR) is 83.9 cm³/mol. The average molecular weight is 282 g/mol. The summed E-state index contributed by atoms with van der Waals surface area (Å²) in [6, 6.07) is 14.0. The first-order valence-electron chi connectivity index (χ1n) is 6.98. The minimum atomic E-state index is 0.734. The van der Waals surface area contributed by atoms with Crippen LogP contribution in [-0.2, 0) is 6.42 Å². The van der Waals surface area contributed by atoms with Crippen LogP contribution in [0.5, 0.6) is 5.75 Å². The van der Waals surface area contributed by atoms with Gasteiger partial charge in [0.2, 0.25) is 0 Å². The van der Waals surface area contributed by atoms with Gasteiger partial charge in [0.25, 0.3) is 0 Å². The molecule has 1 aromatic heterocycles. The van der Waals surface area contributed by atoms with Crippen LogP contribution in [0, 0.1) is 6.92 Å².